The number of benzene rings is 2. The van der Waals surface area contributed by atoms with Crippen LogP contribution in [-0.4, -0.2) is 6.61 Å². The molecule has 0 aliphatic carbocycles. The third-order valence-electron chi connectivity index (χ3n) is 2.73. The normalized spacial score (nSPS) is 12.4. The van der Waals surface area contributed by atoms with Crippen molar-refractivity contribution in [1.82, 2.24) is 0 Å². The minimum atomic E-state index is -2.81. The summed E-state index contributed by atoms with van der Waals surface area (Å²) in [6.07, 6.45) is 0.713. The molecule has 2 rings (SSSR count). The number of halogens is 3. The van der Waals surface area contributed by atoms with E-state index in [9.17, 15) is 8.78 Å². The van der Waals surface area contributed by atoms with E-state index in [0.717, 1.165) is 11.1 Å². The van der Waals surface area contributed by atoms with Crippen LogP contribution >= 0.6 is 15.9 Å². The van der Waals surface area contributed by atoms with E-state index in [1.165, 1.54) is 0 Å². The molecule has 0 saturated carbocycles. The number of hydrogen-bond donors (Lipinski definition) is 0. The smallest absolute Gasteiger partial charge is 0.387 e. The molecule has 0 radical (unpaired) electrons. The highest BCUT2D eigenvalue weighted by Crippen LogP contribution is 2.34. The lowest BCUT2D eigenvalue weighted by atomic mass is 10.0. The van der Waals surface area contributed by atoms with E-state index in [0.29, 0.717) is 6.42 Å². The van der Waals surface area contributed by atoms with Crippen LogP contribution in [0.3, 0.4) is 0 Å². The first-order valence-electron chi connectivity index (χ1n) is 5.88. The molecule has 19 heavy (non-hydrogen) atoms. The van der Waals surface area contributed by atoms with Gasteiger partial charge in [0, 0.05) is 10.4 Å². The van der Waals surface area contributed by atoms with Gasteiger partial charge in [-0.05, 0) is 18.1 Å². The van der Waals surface area contributed by atoms with Crippen LogP contribution in [0, 0.1) is 0 Å². The number of hydrogen-bond acceptors (Lipinski definition) is 1. The van der Waals surface area contributed by atoms with Crippen LogP contribution in [0.5, 0.6) is 5.75 Å². The summed E-state index contributed by atoms with van der Waals surface area (Å²) in [6.45, 7) is -2.81. The lowest BCUT2D eigenvalue weighted by Gasteiger charge is -2.15. The van der Waals surface area contributed by atoms with Gasteiger partial charge in [0.05, 0.1) is 0 Å². The molecule has 1 atom stereocenters. The summed E-state index contributed by atoms with van der Waals surface area (Å²) < 4.78 is 29.2. The molecule has 0 N–H and O–H groups in total. The highest BCUT2D eigenvalue weighted by atomic mass is 79.9. The van der Waals surface area contributed by atoms with Gasteiger partial charge in [-0.2, -0.15) is 8.78 Å². The van der Waals surface area contributed by atoms with Gasteiger partial charge in [0.25, 0.3) is 0 Å². The van der Waals surface area contributed by atoms with E-state index in [1.807, 2.05) is 36.4 Å². The maximum Gasteiger partial charge on any atom is 0.387 e. The van der Waals surface area contributed by atoms with E-state index in [4.69, 9.17) is 0 Å². The predicted octanol–water partition coefficient (Wildman–Crippen LogP) is 4.97. The van der Waals surface area contributed by atoms with Gasteiger partial charge in [0.15, 0.2) is 0 Å². The van der Waals surface area contributed by atoms with Gasteiger partial charge in [-0.3, -0.25) is 0 Å². The SMILES string of the molecule is FC(F)Oc1ccccc1C(Br)Cc1ccccc1. The molecule has 0 saturated heterocycles. The number of rotatable bonds is 5. The Morgan fingerprint density at radius 3 is 2.26 bits per heavy atom. The fourth-order valence-electron chi connectivity index (χ4n) is 1.87. The summed E-state index contributed by atoms with van der Waals surface area (Å²) in [5.74, 6) is 0.218. The zero-order chi connectivity index (χ0) is 13.7. The molecule has 0 fully saturated rings. The molecule has 0 aliphatic heterocycles. The van der Waals surface area contributed by atoms with Crippen molar-refractivity contribution >= 4 is 15.9 Å². The Morgan fingerprint density at radius 1 is 0.947 bits per heavy atom. The van der Waals surface area contributed by atoms with Gasteiger partial charge in [-0.25, -0.2) is 0 Å². The van der Waals surface area contributed by atoms with E-state index in [2.05, 4.69) is 20.7 Å². The highest BCUT2D eigenvalue weighted by molar-refractivity contribution is 9.09. The van der Waals surface area contributed by atoms with Crippen molar-refractivity contribution in [2.24, 2.45) is 0 Å². The first-order valence-corrected chi connectivity index (χ1v) is 6.80. The fourth-order valence-corrected chi connectivity index (χ4v) is 2.63. The van der Waals surface area contributed by atoms with Gasteiger partial charge in [-0.15, -0.1) is 0 Å². The molecule has 0 spiro atoms. The summed E-state index contributed by atoms with van der Waals surface area (Å²) in [4.78, 5) is -0.0650. The Balaban J connectivity index is 2.16. The Bertz CT molecular complexity index is 517. The van der Waals surface area contributed by atoms with Crippen molar-refractivity contribution in [2.75, 3.05) is 0 Å². The molecule has 0 amide bonds. The summed E-state index contributed by atoms with van der Waals surface area (Å²) in [6, 6.07) is 16.7. The standard InChI is InChI=1S/C15H13BrF2O/c16-13(10-11-6-2-1-3-7-11)12-8-4-5-9-14(12)19-15(17)18/h1-9,13,15H,10H2. The monoisotopic (exact) mass is 326 g/mol. The van der Waals surface area contributed by atoms with E-state index < -0.39 is 6.61 Å². The quantitative estimate of drug-likeness (QED) is 0.705. The van der Waals surface area contributed by atoms with Crippen LogP contribution in [0.15, 0.2) is 54.6 Å². The van der Waals surface area contributed by atoms with Crippen molar-refractivity contribution in [2.45, 2.75) is 17.9 Å². The first kappa shape index (κ1) is 14.0. The summed E-state index contributed by atoms with van der Waals surface area (Å²) in [5.41, 5.74) is 1.86. The number of ether oxygens (including phenoxy) is 1. The van der Waals surface area contributed by atoms with Gasteiger partial charge in [0.1, 0.15) is 5.75 Å². The van der Waals surface area contributed by atoms with Gasteiger partial charge in [0.2, 0.25) is 0 Å². The van der Waals surface area contributed by atoms with Gasteiger partial charge in [-0.1, -0.05) is 64.5 Å². The third-order valence-corrected chi connectivity index (χ3v) is 3.55. The Labute approximate surface area is 119 Å². The molecule has 4 heteroatoms. The number of alkyl halides is 3. The second kappa shape index (κ2) is 6.66. The maximum atomic E-state index is 12.4. The Hall–Kier alpha value is -1.42. The van der Waals surface area contributed by atoms with Crippen molar-refractivity contribution in [1.29, 1.82) is 0 Å². The van der Waals surface area contributed by atoms with Crippen molar-refractivity contribution in [3.8, 4) is 5.75 Å². The molecule has 2 aromatic rings. The minimum absolute atomic E-state index is 0.0650. The van der Waals surface area contributed by atoms with Crippen LogP contribution in [-0.2, 0) is 6.42 Å². The molecular formula is C15H13BrF2O. The largest absolute Gasteiger partial charge is 0.435 e. The second-order valence-electron chi connectivity index (χ2n) is 4.07. The van der Waals surface area contributed by atoms with Crippen molar-refractivity contribution < 1.29 is 13.5 Å². The molecule has 1 unspecified atom stereocenters. The Kier molecular flexibility index (Phi) is 4.91. The van der Waals surface area contributed by atoms with Crippen LogP contribution in [0.1, 0.15) is 16.0 Å². The van der Waals surface area contributed by atoms with Crippen molar-refractivity contribution in [3.05, 3.63) is 65.7 Å². The molecule has 0 aliphatic rings. The molecular weight excluding hydrogens is 314 g/mol. The minimum Gasteiger partial charge on any atom is -0.435 e. The van der Waals surface area contributed by atoms with Crippen LogP contribution < -0.4 is 4.74 Å². The first-order chi connectivity index (χ1) is 9.16. The number of para-hydroxylation sites is 1. The lowest BCUT2D eigenvalue weighted by Crippen LogP contribution is -2.06. The molecule has 100 valence electrons. The summed E-state index contributed by atoms with van der Waals surface area (Å²) in [7, 11) is 0. The van der Waals surface area contributed by atoms with E-state index in [1.54, 1.807) is 18.2 Å². The third kappa shape index (κ3) is 4.03. The van der Waals surface area contributed by atoms with E-state index >= 15 is 0 Å². The summed E-state index contributed by atoms with van der Waals surface area (Å²) >= 11 is 3.54. The lowest BCUT2D eigenvalue weighted by molar-refractivity contribution is -0.0504. The highest BCUT2D eigenvalue weighted by Gasteiger charge is 2.16. The zero-order valence-electron chi connectivity index (χ0n) is 10.1. The fraction of sp³-hybridized carbons (Fsp3) is 0.200. The molecule has 1 nitrogen and oxygen atoms in total. The van der Waals surface area contributed by atoms with Crippen LogP contribution in [0.2, 0.25) is 0 Å². The average molecular weight is 327 g/mol. The predicted molar refractivity (Wildman–Crippen MR) is 74.9 cm³/mol. The van der Waals surface area contributed by atoms with Gasteiger partial charge < -0.3 is 4.74 Å². The van der Waals surface area contributed by atoms with Crippen LogP contribution in [0.25, 0.3) is 0 Å². The molecule has 0 heterocycles. The summed E-state index contributed by atoms with van der Waals surface area (Å²) in [5, 5.41) is 0. The van der Waals surface area contributed by atoms with Crippen molar-refractivity contribution in [3.63, 3.8) is 0 Å². The Morgan fingerprint density at radius 2 is 1.58 bits per heavy atom. The average Bonchev–Trinajstić information content (AvgIpc) is 2.39. The topological polar surface area (TPSA) is 9.23 Å². The molecule has 2 aromatic carbocycles. The molecule has 0 aromatic heterocycles. The maximum absolute atomic E-state index is 12.4. The second-order valence-corrected chi connectivity index (χ2v) is 5.18. The zero-order valence-corrected chi connectivity index (χ0v) is 11.7. The molecule has 0 bridgehead atoms. The van der Waals surface area contributed by atoms with Gasteiger partial charge >= 0.3 is 6.61 Å². The van der Waals surface area contributed by atoms with Crippen LogP contribution in [0.4, 0.5) is 8.78 Å². The van der Waals surface area contributed by atoms with E-state index in [-0.39, 0.29) is 10.6 Å².